The SMILES string of the molecule is Cc1cccc(Nc2nc3ccc(C(=O)N(CC(C)C)CC(C)C)cc3n2CCCN)c1. The second-order valence-electron chi connectivity index (χ2n) is 9.43. The molecule has 0 atom stereocenters. The van der Waals surface area contributed by atoms with Gasteiger partial charge in [0, 0.05) is 30.9 Å². The summed E-state index contributed by atoms with van der Waals surface area (Å²) in [5, 5.41) is 3.45. The first kappa shape index (κ1) is 23.8. The van der Waals surface area contributed by atoms with Gasteiger partial charge in [-0.05, 0) is 67.6 Å². The maximum atomic E-state index is 13.4. The van der Waals surface area contributed by atoms with Gasteiger partial charge in [0.05, 0.1) is 11.0 Å². The van der Waals surface area contributed by atoms with Gasteiger partial charge in [0.1, 0.15) is 0 Å². The average Bonchev–Trinajstić information content (AvgIpc) is 3.06. The van der Waals surface area contributed by atoms with Crippen molar-refractivity contribution >= 4 is 28.6 Å². The molecule has 2 aromatic carbocycles. The molecule has 0 unspecified atom stereocenters. The fourth-order valence-electron chi connectivity index (χ4n) is 3.98. The second kappa shape index (κ2) is 10.6. The third-order valence-corrected chi connectivity index (χ3v) is 5.31. The molecule has 172 valence electrons. The Labute approximate surface area is 191 Å². The van der Waals surface area contributed by atoms with Gasteiger partial charge in [-0.2, -0.15) is 0 Å². The number of aromatic nitrogens is 2. The van der Waals surface area contributed by atoms with Crippen molar-refractivity contribution < 1.29 is 4.79 Å². The molecule has 32 heavy (non-hydrogen) atoms. The summed E-state index contributed by atoms with van der Waals surface area (Å²) < 4.78 is 2.14. The number of aryl methyl sites for hydroxylation is 2. The predicted molar refractivity (Wildman–Crippen MR) is 133 cm³/mol. The van der Waals surface area contributed by atoms with Gasteiger partial charge in [0.25, 0.3) is 5.91 Å². The van der Waals surface area contributed by atoms with Crippen LogP contribution in [0.3, 0.4) is 0 Å². The number of carbonyl (C=O) groups is 1. The number of fused-ring (bicyclic) bond motifs is 1. The summed E-state index contributed by atoms with van der Waals surface area (Å²) in [4.78, 5) is 20.2. The molecule has 1 heterocycles. The van der Waals surface area contributed by atoms with Crippen LogP contribution >= 0.6 is 0 Å². The van der Waals surface area contributed by atoms with Crippen LogP contribution in [0.4, 0.5) is 11.6 Å². The van der Waals surface area contributed by atoms with E-state index in [1.54, 1.807) is 0 Å². The highest BCUT2D eigenvalue weighted by Crippen LogP contribution is 2.25. The number of nitrogens with zero attached hydrogens (tertiary/aromatic N) is 3. The van der Waals surface area contributed by atoms with Crippen LogP contribution in [0.1, 0.15) is 50.0 Å². The fourth-order valence-corrected chi connectivity index (χ4v) is 3.98. The van der Waals surface area contributed by atoms with E-state index in [0.29, 0.717) is 23.9 Å². The van der Waals surface area contributed by atoms with Crippen LogP contribution in [0, 0.1) is 18.8 Å². The lowest BCUT2D eigenvalue weighted by molar-refractivity contribution is 0.0715. The minimum absolute atomic E-state index is 0.0778. The second-order valence-corrected chi connectivity index (χ2v) is 9.43. The Morgan fingerprint density at radius 3 is 2.44 bits per heavy atom. The number of imidazole rings is 1. The molecule has 6 heteroatoms. The molecule has 3 N–H and O–H groups in total. The first-order valence-corrected chi connectivity index (χ1v) is 11.6. The molecule has 0 bridgehead atoms. The summed E-state index contributed by atoms with van der Waals surface area (Å²) in [5.41, 5.74) is 10.5. The molecule has 0 radical (unpaired) electrons. The lowest BCUT2D eigenvalue weighted by atomic mass is 10.1. The molecule has 6 nitrogen and oxygen atoms in total. The molecule has 0 saturated heterocycles. The Bertz CT molecular complexity index is 1040. The summed E-state index contributed by atoms with van der Waals surface area (Å²) >= 11 is 0. The van der Waals surface area contributed by atoms with Crippen LogP contribution < -0.4 is 11.1 Å². The molecule has 0 fully saturated rings. The molecule has 3 rings (SSSR count). The normalized spacial score (nSPS) is 11.5. The first-order valence-electron chi connectivity index (χ1n) is 11.6. The van der Waals surface area contributed by atoms with E-state index in [1.165, 1.54) is 5.56 Å². The highest BCUT2D eigenvalue weighted by Gasteiger charge is 2.20. The number of hydrogen-bond acceptors (Lipinski definition) is 4. The van der Waals surface area contributed by atoms with E-state index >= 15 is 0 Å². The van der Waals surface area contributed by atoms with Gasteiger partial charge in [-0.25, -0.2) is 4.98 Å². The smallest absolute Gasteiger partial charge is 0.253 e. The monoisotopic (exact) mass is 435 g/mol. The van der Waals surface area contributed by atoms with Crippen LogP contribution in [-0.4, -0.2) is 40.0 Å². The first-order chi connectivity index (χ1) is 15.3. The van der Waals surface area contributed by atoms with Crippen LogP contribution in [-0.2, 0) is 6.54 Å². The van der Waals surface area contributed by atoms with Crippen LogP contribution in [0.25, 0.3) is 11.0 Å². The Kier molecular flexibility index (Phi) is 7.91. The Balaban J connectivity index is 1.99. The molecule has 0 aliphatic carbocycles. The molecular formula is C26H37N5O. The van der Waals surface area contributed by atoms with Crippen molar-refractivity contribution in [1.29, 1.82) is 0 Å². The van der Waals surface area contributed by atoms with Crippen molar-refractivity contribution in [2.75, 3.05) is 25.0 Å². The summed E-state index contributed by atoms with van der Waals surface area (Å²) in [5.74, 6) is 1.68. The lowest BCUT2D eigenvalue weighted by Gasteiger charge is -2.26. The largest absolute Gasteiger partial charge is 0.338 e. The Hall–Kier alpha value is -2.86. The van der Waals surface area contributed by atoms with E-state index in [4.69, 9.17) is 10.7 Å². The minimum atomic E-state index is 0.0778. The van der Waals surface area contributed by atoms with E-state index < -0.39 is 0 Å². The quantitative estimate of drug-likeness (QED) is 0.459. The Morgan fingerprint density at radius 1 is 1.09 bits per heavy atom. The Morgan fingerprint density at radius 2 is 1.81 bits per heavy atom. The molecule has 3 aromatic rings. The van der Waals surface area contributed by atoms with Gasteiger partial charge in [-0.3, -0.25) is 4.79 Å². The van der Waals surface area contributed by atoms with E-state index in [1.807, 2.05) is 35.2 Å². The third-order valence-electron chi connectivity index (χ3n) is 5.31. The van der Waals surface area contributed by atoms with Gasteiger partial charge >= 0.3 is 0 Å². The van der Waals surface area contributed by atoms with Crippen molar-refractivity contribution in [3.05, 3.63) is 53.6 Å². The van der Waals surface area contributed by atoms with Crippen LogP contribution in [0.15, 0.2) is 42.5 Å². The molecular weight excluding hydrogens is 398 g/mol. The van der Waals surface area contributed by atoms with Crippen LogP contribution in [0.5, 0.6) is 0 Å². The number of amides is 1. The average molecular weight is 436 g/mol. The van der Waals surface area contributed by atoms with Crippen molar-refractivity contribution in [1.82, 2.24) is 14.5 Å². The van der Waals surface area contributed by atoms with Gasteiger partial charge in [-0.15, -0.1) is 0 Å². The number of hydrogen-bond donors (Lipinski definition) is 2. The number of anilines is 2. The zero-order chi connectivity index (χ0) is 23.3. The highest BCUT2D eigenvalue weighted by molar-refractivity contribution is 5.98. The highest BCUT2D eigenvalue weighted by atomic mass is 16.2. The summed E-state index contributed by atoms with van der Waals surface area (Å²) in [7, 11) is 0. The van der Waals surface area contributed by atoms with Crippen molar-refractivity contribution in [2.24, 2.45) is 17.6 Å². The van der Waals surface area contributed by atoms with Gasteiger partial charge in [-0.1, -0.05) is 39.8 Å². The molecule has 1 aromatic heterocycles. The van der Waals surface area contributed by atoms with Crippen molar-refractivity contribution in [3.8, 4) is 0 Å². The summed E-state index contributed by atoms with van der Waals surface area (Å²) in [6.45, 7) is 13.5. The van der Waals surface area contributed by atoms with Gasteiger partial charge in [0.2, 0.25) is 5.95 Å². The van der Waals surface area contributed by atoms with E-state index in [0.717, 1.165) is 48.7 Å². The van der Waals surface area contributed by atoms with E-state index in [9.17, 15) is 4.79 Å². The molecule has 0 saturated carbocycles. The number of rotatable bonds is 10. The van der Waals surface area contributed by atoms with Gasteiger partial charge < -0.3 is 20.5 Å². The molecule has 0 spiro atoms. The maximum Gasteiger partial charge on any atom is 0.253 e. The predicted octanol–water partition coefficient (Wildman–Crippen LogP) is 5.19. The van der Waals surface area contributed by atoms with Gasteiger partial charge in [0.15, 0.2) is 0 Å². The summed E-state index contributed by atoms with van der Waals surface area (Å²) in [6, 6.07) is 14.1. The summed E-state index contributed by atoms with van der Waals surface area (Å²) in [6.07, 6.45) is 0.832. The third kappa shape index (κ3) is 5.88. The maximum absolute atomic E-state index is 13.4. The number of nitrogens with one attached hydrogen (secondary N) is 1. The number of nitrogens with two attached hydrogens (primary N) is 1. The standard InChI is InChI=1S/C26H37N5O/c1-18(2)16-30(17-19(3)4)25(32)21-10-11-23-24(15-21)31(13-7-12-27)26(29-23)28-22-9-6-8-20(5)14-22/h6,8-11,14-15,18-19H,7,12-13,16-17,27H2,1-5H3,(H,28,29). The van der Waals surface area contributed by atoms with Crippen molar-refractivity contribution in [3.63, 3.8) is 0 Å². The lowest BCUT2D eigenvalue weighted by Crippen LogP contribution is -2.37. The number of benzene rings is 2. The fraction of sp³-hybridized carbons (Fsp3) is 0.462. The zero-order valence-electron chi connectivity index (χ0n) is 20.1. The minimum Gasteiger partial charge on any atom is -0.338 e. The molecule has 0 aliphatic rings. The number of carbonyl (C=O) groups excluding carboxylic acids is 1. The topological polar surface area (TPSA) is 76.2 Å². The van der Waals surface area contributed by atoms with E-state index in [2.05, 4.69) is 56.6 Å². The molecule has 0 aliphatic heterocycles. The zero-order valence-corrected chi connectivity index (χ0v) is 20.1. The van der Waals surface area contributed by atoms with E-state index in [-0.39, 0.29) is 5.91 Å². The van der Waals surface area contributed by atoms with Crippen molar-refractivity contribution in [2.45, 2.75) is 47.6 Å². The molecule has 1 amide bonds. The van der Waals surface area contributed by atoms with Crippen LogP contribution in [0.2, 0.25) is 0 Å².